The zero-order valence-electron chi connectivity index (χ0n) is 10.0. The largest absolute Gasteiger partial charge is 0.280 e. The lowest BCUT2D eigenvalue weighted by atomic mass is 10.2. The third kappa shape index (κ3) is 3.44. The van der Waals surface area contributed by atoms with Crippen molar-refractivity contribution in [2.75, 3.05) is 4.72 Å². The number of anilines is 1. The number of sulfonamides is 1. The van der Waals surface area contributed by atoms with E-state index in [1.807, 2.05) is 13.0 Å². The molecule has 0 aliphatic rings. The molecule has 0 bridgehead atoms. The lowest BCUT2D eigenvalue weighted by Gasteiger charge is -2.09. The van der Waals surface area contributed by atoms with Gasteiger partial charge in [0, 0.05) is 9.26 Å². The van der Waals surface area contributed by atoms with Gasteiger partial charge in [-0.25, -0.2) is 12.8 Å². The first-order valence-corrected chi connectivity index (χ1v) is 7.99. The summed E-state index contributed by atoms with van der Waals surface area (Å²) in [5.74, 6) is -0.469. The van der Waals surface area contributed by atoms with Crippen LogP contribution in [0.1, 0.15) is 5.56 Å². The molecule has 0 aliphatic carbocycles. The molecule has 0 unspecified atom stereocenters. The first-order valence-electron chi connectivity index (χ1n) is 5.43. The van der Waals surface area contributed by atoms with Crippen molar-refractivity contribution >= 4 is 38.3 Å². The summed E-state index contributed by atoms with van der Waals surface area (Å²) < 4.78 is 40.4. The molecule has 2 aromatic rings. The topological polar surface area (TPSA) is 46.2 Å². The minimum absolute atomic E-state index is 0.0319. The van der Waals surface area contributed by atoms with Crippen LogP contribution >= 0.6 is 22.6 Å². The Bertz CT molecular complexity index is 699. The summed E-state index contributed by atoms with van der Waals surface area (Å²) in [7, 11) is -3.68. The monoisotopic (exact) mass is 391 g/mol. The molecular formula is C13H11FINO2S. The van der Waals surface area contributed by atoms with Crippen LogP contribution in [-0.2, 0) is 10.0 Å². The molecule has 0 fully saturated rings. The van der Waals surface area contributed by atoms with E-state index in [2.05, 4.69) is 27.3 Å². The van der Waals surface area contributed by atoms with E-state index in [9.17, 15) is 12.8 Å². The average molecular weight is 391 g/mol. The molecule has 100 valence electrons. The molecule has 0 saturated carbocycles. The van der Waals surface area contributed by atoms with E-state index >= 15 is 0 Å². The highest BCUT2D eigenvalue weighted by Crippen LogP contribution is 2.20. The highest BCUT2D eigenvalue weighted by atomic mass is 127. The number of aryl methyl sites for hydroxylation is 1. The second kappa shape index (κ2) is 5.46. The fourth-order valence-corrected chi connectivity index (χ4v) is 3.05. The molecule has 0 aromatic heterocycles. The molecule has 3 nitrogen and oxygen atoms in total. The van der Waals surface area contributed by atoms with Gasteiger partial charge in [0.05, 0.1) is 4.90 Å². The summed E-state index contributed by atoms with van der Waals surface area (Å²) in [5, 5.41) is 0. The van der Waals surface area contributed by atoms with Gasteiger partial charge >= 0.3 is 0 Å². The standard InChI is InChI=1S/C13H11FINO2S/c1-9-2-5-11(8-13(9)15)16-19(17,18)12-6-3-10(14)4-7-12/h2-8,16H,1H3. The summed E-state index contributed by atoms with van der Waals surface area (Å²) in [5.41, 5.74) is 1.56. The fourth-order valence-electron chi connectivity index (χ4n) is 1.48. The predicted molar refractivity (Wildman–Crippen MR) is 81.1 cm³/mol. The van der Waals surface area contributed by atoms with Gasteiger partial charge in [0.2, 0.25) is 0 Å². The molecule has 0 atom stereocenters. The summed E-state index contributed by atoms with van der Waals surface area (Å²) in [6, 6.07) is 9.98. The zero-order chi connectivity index (χ0) is 14.0. The van der Waals surface area contributed by atoms with Gasteiger partial charge in [-0.2, -0.15) is 0 Å². The highest BCUT2D eigenvalue weighted by Gasteiger charge is 2.14. The van der Waals surface area contributed by atoms with Gasteiger partial charge in [-0.1, -0.05) is 6.07 Å². The lowest BCUT2D eigenvalue weighted by molar-refractivity contribution is 0.599. The van der Waals surface area contributed by atoms with E-state index < -0.39 is 15.8 Å². The van der Waals surface area contributed by atoms with Gasteiger partial charge in [-0.15, -0.1) is 0 Å². The summed E-state index contributed by atoms with van der Waals surface area (Å²) in [6.07, 6.45) is 0. The van der Waals surface area contributed by atoms with E-state index in [-0.39, 0.29) is 4.90 Å². The van der Waals surface area contributed by atoms with E-state index in [1.165, 1.54) is 12.1 Å². The zero-order valence-corrected chi connectivity index (χ0v) is 13.0. The lowest BCUT2D eigenvalue weighted by Crippen LogP contribution is -2.13. The van der Waals surface area contributed by atoms with Crippen LogP contribution in [0, 0.1) is 16.3 Å². The first-order chi connectivity index (χ1) is 8.88. The molecule has 0 aliphatic heterocycles. The Morgan fingerprint density at radius 1 is 1.11 bits per heavy atom. The predicted octanol–water partition coefficient (Wildman–Crippen LogP) is 3.54. The maximum Gasteiger partial charge on any atom is 0.261 e. The number of nitrogens with one attached hydrogen (secondary N) is 1. The number of hydrogen-bond acceptors (Lipinski definition) is 2. The normalized spacial score (nSPS) is 11.3. The smallest absolute Gasteiger partial charge is 0.261 e. The van der Waals surface area contributed by atoms with Crippen LogP contribution in [0.4, 0.5) is 10.1 Å². The van der Waals surface area contributed by atoms with Crippen LogP contribution in [0.15, 0.2) is 47.4 Å². The Hall–Kier alpha value is -1.15. The Balaban J connectivity index is 2.30. The molecule has 0 amide bonds. The van der Waals surface area contributed by atoms with Crippen molar-refractivity contribution in [2.45, 2.75) is 11.8 Å². The molecular weight excluding hydrogens is 380 g/mol. The van der Waals surface area contributed by atoms with Crippen molar-refractivity contribution < 1.29 is 12.8 Å². The highest BCUT2D eigenvalue weighted by molar-refractivity contribution is 14.1. The molecule has 0 heterocycles. The fraction of sp³-hybridized carbons (Fsp3) is 0.0769. The molecule has 0 spiro atoms. The van der Waals surface area contributed by atoms with Crippen LogP contribution in [0.3, 0.4) is 0 Å². The molecule has 2 rings (SSSR count). The van der Waals surface area contributed by atoms with Crippen molar-refractivity contribution in [1.82, 2.24) is 0 Å². The van der Waals surface area contributed by atoms with Crippen LogP contribution in [0.2, 0.25) is 0 Å². The Morgan fingerprint density at radius 3 is 2.32 bits per heavy atom. The number of halogens is 2. The van der Waals surface area contributed by atoms with E-state index in [1.54, 1.807) is 12.1 Å². The quantitative estimate of drug-likeness (QED) is 0.814. The van der Waals surface area contributed by atoms with Crippen molar-refractivity contribution in [3.05, 3.63) is 57.4 Å². The van der Waals surface area contributed by atoms with Crippen molar-refractivity contribution in [1.29, 1.82) is 0 Å². The molecule has 0 saturated heterocycles. The van der Waals surface area contributed by atoms with Gasteiger partial charge in [-0.3, -0.25) is 4.72 Å². The Morgan fingerprint density at radius 2 is 1.74 bits per heavy atom. The van der Waals surface area contributed by atoms with Crippen molar-refractivity contribution in [3.8, 4) is 0 Å². The van der Waals surface area contributed by atoms with Gasteiger partial charge in [-0.05, 0) is 71.5 Å². The second-order valence-electron chi connectivity index (χ2n) is 4.02. The molecule has 0 radical (unpaired) electrons. The van der Waals surface area contributed by atoms with Crippen molar-refractivity contribution in [3.63, 3.8) is 0 Å². The minimum atomic E-state index is -3.68. The van der Waals surface area contributed by atoms with Crippen LogP contribution in [0.25, 0.3) is 0 Å². The SMILES string of the molecule is Cc1ccc(NS(=O)(=O)c2ccc(F)cc2)cc1I. The summed E-state index contributed by atoms with van der Waals surface area (Å²) >= 11 is 2.14. The van der Waals surface area contributed by atoms with Gasteiger partial charge in [0.15, 0.2) is 0 Å². The number of hydrogen-bond donors (Lipinski definition) is 1. The molecule has 6 heteroatoms. The third-order valence-electron chi connectivity index (χ3n) is 2.55. The van der Waals surface area contributed by atoms with Crippen LogP contribution in [-0.4, -0.2) is 8.42 Å². The van der Waals surface area contributed by atoms with Gasteiger partial charge in [0.1, 0.15) is 5.82 Å². The molecule has 1 N–H and O–H groups in total. The van der Waals surface area contributed by atoms with Gasteiger partial charge < -0.3 is 0 Å². The van der Waals surface area contributed by atoms with Crippen LogP contribution in [0.5, 0.6) is 0 Å². The maximum absolute atomic E-state index is 12.8. The number of rotatable bonds is 3. The van der Waals surface area contributed by atoms with Crippen LogP contribution < -0.4 is 4.72 Å². The van der Waals surface area contributed by atoms with E-state index in [0.29, 0.717) is 5.69 Å². The second-order valence-corrected chi connectivity index (χ2v) is 6.87. The first kappa shape index (κ1) is 14.3. The summed E-state index contributed by atoms with van der Waals surface area (Å²) in [6.45, 7) is 1.94. The average Bonchev–Trinajstić information content (AvgIpc) is 2.34. The van der Waals surface area contributed by atoms with E-state index in [4.69, 9.17) is 0 Å². The van der Waals surface area contributed by atoms with Crippen molar-refractivity contribution in [2.24, 2.45) is 0 Å². The minimum Gasteiger partial charge on any atom is -0.280 e. The Kier molecular flexibility index (Phi) is 4.10. The third-order valence-corrected chi connectivity index (χ3v) is 5.11. The summed E-state index contributed by atoms with van der Waals surface area (Å²) in [4.78, 5) is 0.0319. The molecule has 19 heavy (non-hydrogen) atoms. The Labute approximate surface area is 125 Å². The van der Waals surface area contributed by atoms with Gasteiger partial charge in [0.25, 0.3) is 10.0 Å². The molecule has 2 aromatic carbocycles. The maximum atomic E-state index is 12.8. The number of benzene rings is 2. The van der Waals surface area contributed by atoms with E-state index in [0.717, 1.165) is 21.3 Å².